The summed E-state index contributed by atoms with van der Waals surface area (Å²) in [7, 11) is 3.38. The molecule has 1 saturated carbocycles. The molecule has 0 spiro atoms. The molecule has 2 N–H and O–H groups in total. The third-order valence-corrected chi connectivity index (χ3v) is 3.80. The van der Waals surface area contributed by atoms with Gasteiger partial charge in [-0.25, -0.2) is 0 Å². The van der Waals surface area contributed by atoms with Gasteiger partial charge in [-0.3, -0.25) is 4.99 Å². The van der Waals surface area contributed by atoms with Crippen LogP contribution in [-0.4, -0.2) is 33.3 Å². The molecule has 0 heterocycles. The van der Waals surface area contributed by atoms with Crippen molar-refractivity contribution in [2.24, 2.45) is 10.9 Å². The SMILES string of the molecule is CCOc1c(Cl)cc(CNC(=NC)NCC2CC2)cc1OC. The van der Waals surface area contributed by atoms with E-state index in [2.05, 4.69) is 15.6 Å². The minimum absolute atomic E-state index is 0.547. The molecule has 0 aromatic heterocycles. The van der Waals surface area contributed by atoms with Crippen molar-refractivity contribution in [3.05, 3.63) is 22.7 Å². The second-order valence-corrected chi connectivity index (χ2v) is 5.70. The molecule has 1 aromatic carbocycles. The van der Waals surface area contributed by atoms with Crippen molar-refractivity contribution in [2.45, 2.75) is 26.3 Å². The van der Waals surface area contributed by atoms with Gasteiger partial charge in [0.05, 0.1) is 18.7 Å². The van der Waals surface area contributed by atoms with E-state index in [1.807, 2.05) is 19.1 Å². The summed E-state index contributed by atoms with van der Waals surface area (Å²) in [5, 5.41) is 7.16. The minimum Gasteiger partial charge on any atom is -0.493 e. The largest absolute Gasteiger partial charge is 0.493 e. The predicted molar refractivity (Wildman–Crippen MR) is 90.1 cm³/mol. The fourth-order valence-electron chi connectivity index (χ4n) is 2.13. The zero-order chi connectivity index (χ0) is 15.9. The van der Waals surface area contributed by atoms with Crippen LogP contribution in [0.4, 0.5) is 0 Å². The first-order valence-corrected chi connectivity index (χ1v) is 7.99. The van der Waals surface area contributed by atoms with Crippen LogP contribution < -0.4 is 20.1 Å². The van der Waals surface area contributed by atoms with E-state index in [0.29, 0.717) is 29.7 Å². The molecule has 0 amide bonds. The Hall–Kier alpha value is -1.62. The van der Waals surface area contributed by atoms with Crippen LogP contribution in [0.3, 0.4) is 0 Å². The second kappa shape index (κ2) is 8.13. The summed E-state index contributed by atoms with van der Waals surface area (Å²) in [6.45, 7) is 4.06. The van der Waals surface area contributed by atoms with E-state index in [0.717, 1.165) is 24.0 Å². The molecule has 0 unspecified atom stereocenters. The molecule has 2 rings (SSSR count). The number of hydrogen-bond donors (Lipinski definition) is 2. The number of aliphatic imine (C=N–C) groups is 1. The van der Waals surface area contributed by atoms with Gasteiger partial charge in [0.15, 0.2) is 17.5 Å². The van der Waals surface area contributed by atoms with Gasteiger partial charge in [0.1, 0.15) is 0 Å². The van der Waals surface area contributed by atoms with Crippen molar-refractivity contribution in [3.8, 4) is 11.5 Å². The normalized spacial score (nSPS) is 14.6. The molecule has 1 aromatic rings. The molecule has 122 valence electrons. The van der Waals surface area contributed by atoms with Gasteiger partial charge in [-0.1, -0.05) is 11.6 Å². The Kier molecular flexibility index (Phi) is 6.19. The molecule has 0 saturated heterocycles. The Morgan fingerprint density at radius 1 is 1.36 bits per heavy atom. The van der Waals surface area contributed by atoms with Crippen LogP contribution in [-0.2, 0) is 6.54 Å². The first-order valence-electron chi connectivity index (χ1n) is 7.61. The number of ether oxygens (including phenoxy) is 2. The number of halogens is 1. The van der Waals surface area contributed by atoms with Crippen LogP contribution in [0.5, 0.6) is 11.5 Å². The van der Waals surface area contributed by atoms with Crippen molar-refractivity contribution in [2.75, 3.05) is 27.3 Å². The maximum Gasteiger partial charge on any atom is 0.191 e. The first-order chi connectivity index (χ1) is 10.7. The number of guanidine groups is 1. The molecule has 0 aliphatic heterocycles. The number of methoxy groups -OCH3 is 1. The molecule has 1 fully saturated rings. The van der Waals surface area contributed by atoms with Crippen LogP contribution >= 0.6 is 11.6 Å². The molecular weight excluding hydrogens is 302 g/mol. The summed E-state index contributed by atoms with van der Waals surface area (Å²) in [5.41, 5.74) is 1.01. The van der Waals surface area contributed by atoms with Crippen molar-refractivity contribution < 1.29 is 9.47 Å². The highest BCUT2D eigenvalue weighted by Gasteiger charge is 2.21. The zero-order valence-electron chi connectivity index (χ0n) is 13.4. The highest BCUT2D eigenvalue weighted by Crippen LogP contribution is 2.36. The van der Waals surface area contributed by atoms with Crippen LogP contribution in [0.15, 0.2) is 17.1 Å². The van der Waals surface area contributed by atoms with E-state index < -0.39 is 0 Å². The van der Waals surface area contributed by atoms with Crippen LogP contribution in [0.25, 0.3) is 0 Å². The Balaban J connectivity index is 1.97. The minimum atomic E-state index is 0.547. The Labute approximate surface area is 137 Å². The first kappa shape index (κ1) is 16.7. The third kappa shape index (κ3) is 4.70. The molecule has 6 heteroatoms. The smallest absolute Gasteiger partial charge is 0.191 e. The van der Waals surface area contributed by atoms with E-state index in [4.69, 9.17) is 21.1 Å². The lowest BCUT2D eigenvalue weighted by molar-refractivity contribution is 0.311. The number of rotatable bonds is 7. The number of hydrogen-bond acceptors (Lipinski definition) is 3. The van der Waals surface area contributed by atoms with Gasteiger partial charge in [0.2, 0.25) is 0 Å². The molecule has 0 bridgehead atoms. The lowest BCUT2D eigenvalue weighted by atomic mass is 10.2. The highest BCUT2D eigenvalue weighted by atomic mass is 35.5. The highest BCUT2D eigenvalue weighted by molar-refractivity contribution is 6.32. The quantitative estimate of drug-likeness (QED) is 0.598. The van der Waals surface area contributed by atoms with Crippen molar-refractivity contribution in [3.63, 3.8) is 0 Å². The molecule has 1 aliphatic rings. The molecule has 22 heavy (non-hydrogen) atoms. The summed E-state index contributed by atoms with van der Waals surface area (Å²) < 4.78 is 10.9. The van der Waals surface area contributed by atoms with Gasteiger partial charge in [-0.05, 0) is 43.4 Å². The Morgan fingerprint density at radius 3 is 2.73 bits per heavy atom. The summed E-state index contributed by atoms with van der Waals surface area (Å²) in [4.78, 5) is 4.22. The van der Waals surface area contributed by atoms with E-state index in [1.54, 1.807) is 14.2 Å². The number of nitrogens with one attached hydrogen (secondary N) is 2. The standard InChI is InChI=1S/C16H24ClN3O2/c1-4-22-15-13(17)7-12(8-14(15)21-3)10-20-16(18-2)19-9-11-5-6-11/h7-8,11H,4-6,9-10H2,1-3H3,(H2,18,19,20). The van der Waals surface area contributed by atoms with E-state index >= 15 is 0 Å². The van der Waals surface area contributed by atoms with Crippen LogP contribution in [0, 0.1) is 5.92 Å². The van der Waals surface area contributed by atoms with E-state index in [1.165, 1.54) is 12.8 Å². The summed E-state index contributed by atoms with van der Waals surface area (Å²) in [6.07, 6.45) is 2.63. The maximum absolute atomic E-state index is 6.27. The fraction of sp³-hybridized carbons (Fsp3) is 0.562. The van der Waals surface area contributed by atoms with Crippen LogP contribution in [0.1, 0.15) is 25.3 Å². The average Bonchev–Trinajstić information content (AvgIpc) is 3.34. The third-order valence-electron chi connectivity index (χ3n) is 3.52. The van der Waals surface area contributed by atoms with Gasteiger partial charge < -0.3 is 20.1 Å². The van der Waals surface area contributed by atoms with Crippen molar-refractivity contribution in [1.29, 1.82) is 0 Å². The summed E-state index contributed by atoms with van der Waals surface area (Å²) in [5.74, 6) is 2.84. The molecule has 0 atom stereocenters. The summed E-state index contributed by atoms with van der Waals surface area (Å²) in [6, 6.07) is 3.81. The lowest BCUT2D eigenvalue weighted by Gasteiger charge is -2.15. The number of benzene rings is 1. The van der Waals surface area contributed by atoms with Crippen LogP contribution in [0.2, 0.25) is 5.02 Å². The van der Waals surface area contributed by atoms with Gasteiger partial charge >= 0.3 is 0 Å². The Bertz CT molecular complexity index is 530. The van der Waals surface area contributed by atoms with Gasteiger partial charge in [-0.15, -0.1) is 0 Å². The molecule has 1 aliphatic carbocycles. The molecular formula is C16H24ClN3O2. The molecule has 5 nitrogen and oxygen atoms in total. The zero-order valence-corrected chi connectivity index (χ0v) is 14.2. The number of nitrogens with zero attached hydrogens (tertiary/aromatic N) is 1. The fourth-order valence-corrected chi connectivity index (χ4v) is 2.42. The topological polar surface area (TPSA) is 54.9 Å². The average molecular weight is 326 g/mol. The monoisotopic (exact) mass is 325 g/mol. The Morgan fingerprint density at radius 2 is 2.14 bits per heavy atom. The lowest BCUT2D eigenvalue weighted by Crippen LogP contribution is -2.37. The van der Waals surface area contributed by atoms with E-state index in [-0.39, 0.29) is 0 Å². The summed E-state index contributed by atoms with van der Waals surface area (Å²) >= 11 is 6.27. The van der Waals surface area contributed by atoms with Gasteiger partial charge in [-0.2, -0.15) is 0 Å². The van der Waals surface area contributed by atoms with Gasteiger partial charge in [0.25, 0.3) is 0 Å². The second-order valence-electron chi connectivity index (χ2n) is 5.29. The van der Waals surface area contributed by atoms with Crippen molar-refractivity contribution in [1.82, 2.24) is 10.6 Å². The molecule has 0 radical (unpaired) electrons. The predicted octanol–water partition coefficient (Wildman–Crippen LogP) is 2.82. The maximum atomic E-state index is 6.27. The van der Waals surface area contributed by atoms with Gasteiger partial charge in [0, 0.05) is 20.1 Å². The van der Waals surface area contributed by atoms with Crippen molar-refractivity contribution >= 4 is 17.6 Å². The van der Waals surface area contributed by atoms with E-state index in [9.17, 15) is 0 Å².